The summed E-state index contributed by atoms with van der Waals surface area (Å²) in [6, 6.07) is 4.09. The first kappa shape index (κ1) is 13.4. The van der Waals surface area contributed by atoms with Crippen molar-refractivity contribution in [3.63, 3.8) is 0 Å². The van der Waals surface area contributed by atoms with Crippen LogP contribution in [0.15, 0.2) is 24.5 Å². The van der Waals surface area contributed by atoms with Gasteiger partial charge in [-0.2, -0.15) is 0 Å². The number of nitrogens with one attached hydrogen (secondary N) is 2. The molecule has 3 rings (SSSR count). The van der Waals surface area contributed by atoms with E-state index in [4.69, 9.17) is 0 Å². The zero-order valence-electron chi connectivity index (χ0n) is 11.6. The van der Waals surface area contributed by atoms with Crippen molar-refractivity contribution >= 4 is 17.2 Å². The van der Waals surface area contributed by atoms with Gasteiger partial charge in [-0.25, -0.2) is 0 Å². The van der Waals surface area contributed by atoms with E-state index in [1.165, 1.54) is 36.1 Å². The average Bonchev–Trinajstić information content (AvgIpc) is 3.06. The number of amides is 1. The van der Waals surface area contributed by atoms with E-state index in [-0.39, 0.29) is 5.91 Å². The molecule has 3 nitrogen and oxygen atoms in total. The second-order valence-corrected chi connectivity index (χ2v) is 6.51. The fraction of sp³-hybridized carbons (Fsp3) is 0.438. The van der Waals surface area contributed by atoms with Gasteiger partial charge in [0.1, 0.15) is 0 Å². The van der Waals surface area contributed by atoms with E-state index < -0.39 is 0 Å². The van der Waals surface area contributed by atoms with Crippen LogP contribution in [0.5, 0.6) is 0 Å². The highest BCUT2D eigenvalue weighted by Gasteiger charge is 2.15. The SMILES string of the molecule is O=C(NCc1cc[nH]c1)c1cc2c(s1)CCCCCC2. The van der Waals surface area contributed by atoms with Crippen molar-refractivity contribution < 1.29 is 4.79 Å². The molecule has 1 amide bonds. The molecule has 2 N–H and O–H groups in total. The topological polar surface area (TPSA) is 44.9 Å². The lowest BCUT2D eigenvalue weighted by molar-refractivity contribution is 0.0955. The van der Waals surface area contributed by atoms with Gasteiger partial charge in [0.25, 0.3) is 5.91 Å². The van der Waals surface area contributed by atoms with Crippen LogP contribution in [0.4, 0.5) is 0 Å². The molecule has 0 spiro atoms. The first-order chi connectivity index (χ1) is 9.83. The molecule has 0 atom stereocenters. The van der Waals surface area contributed by atoms with Gasteiger partial charge in [-0.15, -0.1) is 11.3 Å². The summed E-state index contributed by atoms with van der Waals surface area (Å²) in [6.45, 7) is 0.588. The van der Waals surface area contributed by atoms with E-state index in [1.807, 2.05) is 18.5 Å². The number of carbonyl (C=O) groups excluding carboxylic acids is 1. The highest BCUT2D eigenvalue weighted by Crippen LogP contribution is 2.28. The van der Waals surface area contributed by atoms with Crippen LogP contribution >= 0.6 is 11.3 Å². The van der Waals surface area contributed by atoms with Crippen LogP contribution in [0.2, 0.25) is 0 Å². The van der Waals surface area contributed by atoms with Gasteiger partial charge < -0.3 is 10.3 Å². The van der Waals surface area contributed by atoms with Gasteiger partial charge in [0.05, 0.1) is 4.88 Å². The third-order valence-electron chi connectivity index (χ3n) is 3.84. The van der Waals surface area contributed by atoms with Crippen molar-refractivity contribution in [2.75, 3.05) is 0 Å². The van der Waals surface area contributed by atoms with Crippen LogP contribution in [0.1, 0.15) is 51.4 Å². The summed E-state index contributed by atoms with van der Waals surface area (Å²) in [6.07, 6.45) is 11.2. The van der Waals surface area contributed by atoms with Gasteiger partial charge in [0.2, 0.25) is 0 Å². The predicted molar refractivity (Wildman–Crippen MR) is 82.2 cm³/mol. The molecule has 2 heterocycles. The molecule has 0 aromatic carbocycles. The van der Waals surface area contributed by atoms with Crippen LogP contribution in [-0.2, 0) is 19.4 Å². The predicted octanol–water partition coefficient (Wildman–Crippen LogP) is 3.67. The summed E-state index contributed by atoms with van der Waals surface area (Å²) in [5.74, 6) is 0.0583. The minimum atomic E-state index is 0.0583. The molecular formula is C16H20N2OS. The lowest BCUT2D eigenvalue weighted by atomic mass is 10.00. The number of thiophene rings is 1. The van der Waals surface area contributed by atoms with Gasteiger partial charge in [-0.05, 0) is 48.9 Å². The Morgan fingerprint density at radius 3 is 2.90 bits per heavy atom. The molecule has 0 radical (unpaired) electrons. The molecule has 1 aliphatic rings. The lowest BCUT2D eigenvalue weighted by Gasteiger charge is -2.07. The monoisotopic (exact) mass is 288 g/mol. The van der Waals surface area contributed by atoms with E-state index in [0.717, 1.165) is 23.3 Å². The number of fused-ring (bicyclic) bond motifs is 1. The number of H-pyrrole nitrogens is 1. The molecule has 2 aromatic rings. The second-order valence-electron chi connectivity index (χ2n) is 5.38. The summed E-state index contributed by atoms with van der Waals surface area (Å²) >= 11 is 1.68. The zero-order chi connectivity index (χ0) is 13.8. The van der Waals surface area contributed by atoms with E-state index in [1.54, 1.807) is 11.3 Å². The fourth-order valence-corrected chi connectivity index (χ4v) is 3.86. The summed E-state index contributed by atoms with van der Waals surface area (Å²) in [5, 5.41) is 2.99. The Bertz CT molecular complexity index is 546. The maximum Gasteiger partial charge on any atom is 0.261 e. The molecule has 106 valence electrons. The largest absolute Gasteiger partial charge is 0.367 e. The number of rotatable bonds is 3. The maximum atomic E-state index is 12.2. The highest BCUT2D eigenvalue weighted by atomic mass is 32.1. The first-order valence-corrected chi connectivity index (χ1v) is 8.16. The second kappa shape index (κ2) is 6.27. The first-order valence-electron chi connectivity index (χ1n) is 7.34. The number of aromatic amines is 1. The van der Waals surface area contributed by atoms with Gasteiger partial charge in [-0.1, -0.05) is 12.8 Å². The van der Waals surface area contributed by atoms with E-state index in [0.29, 0.717) is 6.54 Å². The Kier molecular flexibility index (Phi) is 4.21. The van der Waals surface area contributed by atoms with Gasteiger partial charge in [0.15, 0.2) is 0 Å². The molecule has 1 aliphatic carbocycles. The Morgan fingerprint density at radius 2 is 2.10 bits per heavy atom. The molecule has 0 saturated heterocycles. The summed E-state index contributed by atoms with van der Waals surface area (Å²) in [5.41, 5.74) is 2.51. The van der Waals surface area contributed by atoms with Crippen LogP contribution < -0.4 is 5.32 Å². The van der Waals surface area contributed by atoms with Crippen molar-refractivity contribution in [3.8, 4) is 0 Å². The minimum absolute atomic E-state index is 0.0583. The summed E-state index contributed by atoms with van der Waals surface area (Å²) in [4.78, 5) is 17.5. The Balaban J connectivity index is 1.67. The van der Waals surface area contributed by atoms with Crippen molar-refractivity contribution in [2.24, 2.45) is 0 Å². The van der Waals surface area contributed by atoms with Gasteiger partial charge >= 0.3 is 0 Å². The number of carbonyl (C=O) groups is 1. The average molecular weight is 288 g/mol. The molecule has 4 heteroatoms. The molecule has 0 unspecified atom stereocenters. The molecule has 0 bridgehead atoms. The molecule has 2 aromatic heterocycles. The zero-order valence-corrected chi connectivity index (χ0v) is 12.4. The Labute approximate surface area is 123 Å². The highest BCUT2D eigenvalue weighted by molar-refractivity contribution is 7.14. The quantitative estimate of drug-likeness (QED) is 0.889. The molecule has 0 aliphatic heterocycles. The maximum absolute atomic E-state index is 12.2. The van der Waals surface area contributed by atoms with Crippen LogP contribution in [0, 0.1) is 0 Å². The van der Waals surface area contributed by atoms with Gasteiger partial charge in [0, 0.05) is 23.8 Å². The lowest BCUT2D eigenvalue weighted by Crippen LogP contribution is -2.21. The number of hydrogen-bond donors (Lipinski definition) is 2. The summed E-state index contributed by atoms with van der Waals surface area (Å²) < 4.78 is 0. The summed E-state index contributed by atoms with van der Waals surface area (Å²) in [7, 11) is 0. The molecular weight excluding hydrogens is 268 g/mol. The number of aromatic nitrogens is 1. The van der Waals surface area contributed by atoms with Crippen LogP contribution in [0.3, 0.4) is 0 Å². The third-order valence-corrected chi connectivity index (χ3v) is 5.07. The van der Waals surface area contributed by atoms with E-state index >= 15 is 0 Å². The normalized spacial score (nSPS) is 15.2. The molecule has 0 fully saturated rings. The van der Waals surface area contributed by atoms with Crippen molar-refractivity contribution in [1.82, 2.24) is 10.3 Å². The molecule has 0 saturated carbocycles. The number of aryl methyl sites for hydroxylation is 2. The van der Waals surface area contributed by atoms with Crippen LogP contribution in [0.25, 0.3) is 0 Å². The van der Waals surface area contributed by atoms with Crippen molar-refractivity contribution in [1.29, 1.82) is 0 Å². The van der Waals surface area contributed by atoms with E-state index in [9.17, 15) is 4.79 Å². The minimum Gasteiger partial charge on any atom is -0.367 e. The van der Waals surface area contributed by atoms with Crippen molar-refractivity contribution in [3.05, 3.63) is 45.4 Å². The van der Waals surface area contributed by atoms with Crippen molar-refractivity contribution in [2.45, 2.75) is 45.1 Å². The third kappa shape index (κ3) is 3.12. The fourth-order valence-electron chi connectivity index (χ4n) is 2.69. The van der Waals surface area contributed by atoms with E-state index in [2.05, 4.69) is 16.4 Å². The Morgan fingerprint density at radius 1 is 1.25 bits per heavy atom. The van der Waals surface area contributed by atoms with Gasteiger partial charge in [-0.3, -0.25) is 4.79 Å². The molecule has 20 heavy (non-hydrogen) atoms. The number of hydrogen-bond acceptors (Lipinski definition) is 2. The Hall–Kier alpha value is -1.55. The smallest absolute Gasteiger partial charge is 0.261 e. The standard InChI is InChI=1S/C16H20N2OS/c19-16(18-11-12-7-8-17-10-12)15-9-13-5-3-1-2-4-6-14(13)20-15/h7-10,17H,1-6,11H2,(H,18,19). The van der Waals surface area contributed by atoms with Crippen LogP contribution in [-0.4, -0.2) is 10.9 Å².